The highest BCUT2D eigenvalue weighted by molar-refractivity contribution is 9.10. The minimum absolute atomic E-state index is 0.215. The van der Waals surface area contributed by atoms with Gasteiger partial charge in [-0.05, 0) is 27.9 Å². The molecule has 0 aliphatic rings. The monoisotopic (exact) mass is 247 g/mol. The summed E-state index contributed by atoms with van der Waals surface area (Å²) in [4.78, 5) is 0. The highest BCUT2D eigenvalue weighted by Crippen LogP contribution is 2.27. The lowest BCUT2D eigenvalue weighted by atomic mass is 9.98. The van der Waals surface area contributed by atoms with Crippen molar-refractivity contribution in [2.24, 2.45) is 11.7 Å². The molecule has 1 rings (SSSR count). The first-order valence-corrected chi connectivity index (χ1v) is 5.00. The van der Waals surface area contributed by atoms with Crippen molar-refractivity contribution in [3.8, 4) is 0 Å². The number of halogens is 1. The summed E-state index contributed by atoms with van der Waals surface area (Å²) < 4.78 is 5.88. The summed E-state index contributed by atoms with van der Waals surface area (Å²) in [7, 11) is 0. The van der Waals surface area contributed by atoms with Crippen LogP contribution in [0.25, 0.3) is 0 Å². The maximum Gasteiger partial charge on any atom is 0.147 e. The predicted molar refractivity (Wildman–Crippen MR) is 54.2 cm³/mol. The lowest BCUT2D eigenvalue weighted by Gasteiger charge is -2.20. The van der Waals surface area contributed by atoms with E-state index >= 15 is 0 Å². The fraction of sp³-hybridized carbons (Fsp3) is 0.556. The third-order valence-corrected chi connectivity index (χ3v) is 2.70. The Morgan fingerprint density at radius 2 is 2.15 bits per heavy atom. The highest BCUT2D eigenvalue weighted by Gasteiger charge is 2.24. The molecule has 3 nitrogen and oxygen atoms in total. The number of rotatable bonds is 3. The topological polar surface area (TPSA) is 59.4 Å². The average molecular weight is 248 g/mol. The molecule has 0 bridgehead atoms. The Bertz CT molecular complexity index is 272. The van der Waals surface area contributed by atoms with Crippen LogP contribution in [0.1, 0.15) is 25.7 Å². The van der Waals surface area contributed by atoms with Gasteiger partial charge < -0.3 is 15.3 Å². The summed E-state index contributed by atoms with van der Waals surface area (Å²) >= 11 is 3.27. The van der Waals surface area contributed by atoms with Crippen LogP contribution in [-0.2, 0) is 0 Å². The molecule has 0 aromatic carbocycles. The molecule has 0 saturated heterocycles. The molecule has 74 valence electrons. The maximum absolute atomic E-state index is 9.78. The van der Waals surface area contributed by atoms with E-state index in [1.165, 1.54) is 6.26 Å². The largest absolute Gasteiger partial charge is 0.465 e. The second-order valence-electron chi connectivity index (χ2n) is 3.40. The summed E-state index contributed by atoms with van der Waals surface area (Å²) in [6.07, 6.45) is 0.778. The molecule has 2 atom stereocenters. The molecule has 0 spiro atoms. The maximum atomic E-state index is 9.78. The standard InChI is InChI=1S/C9H14BrNO2/c1-5(2)7(11)8(12)9-6(10)3-4-13-9/h3-5,7-8,12H,11H2,1-2H3. The van der Waals surface area contributed by atoms with E-state index in [1.807, 2.05) is 13.8 Å². The third kappa shape index (κ3) is 2.33. The summed E-state index contributed by atoms with van der Waals surface area (Å²) in [5.41, 5.74) is 5.79. The normalized spacial score (nSPS) is 16.2. The van der Waals surface area contributed by atoms with Crippen molar-refractivity contribution in [1.82, 2.24) is 0 Å². The highest BCUT2D eigenvalue weighted by atomic mass is 79.9. The van der Waals surface area contributed by atoms with Crippen molar-refractivity contribution in [3.05, 3.63) is 22.6 Å². The third-order valence-electron chi connectivity index (χ3n) is 2.05. The Kier molecular flexibility index (Phi) is 3.53. The van der Waals surface area contributed by atoms with Crippen LogP contribution >= 0.6 is 15.9 Å². The molecule has 0 aliphatic heterocycles. The van der Waals surface area contributed by atoms with Crippen molar-refractivity contribution in [2.75, 3.05) is 0 Å². The van der Waals surface area contributed by atoms with E-state index in [9.17, 15) is 5.11 Å². The second kappa shape index (κ2) is 4.26. The molecule has 4 heteroatoms. The number of hydrogen-bond acceptors (Lipinski definition) is 3. The lowest BCUT2D eigenvalue weighted by Crippen LogP contribution is -2.33. The van der Waals surface area contributed by atoms with Crippen molar-refractivity contribution < 1.29 is 9.52 Å². The van der Waals surface area contributed by atoms with E-state index < -0.39 is 6.10 Å². The quantitative estimate of drug-likeness (QED) is 0.860. The second-order valence-corrected chi connectivity index (χ2v) is 4.25. The Balaban J connectivity index is 2.79. The molecular formula is C9H14BrNO2. The molecular weight excluding hydrogens is 234 g/mol. The van der Waals surface area contributed by atoms with Gasteiger partial charge in [-0.15, -0.1) is 0 Å². The van der Waals surface area contributed by atoms with E-state index in [0.717, 1.165) is 4.47 Å². The molecule has 0 saturated carbocycles. The Labute approximate surface area is 86.1 Å². The average Bonchev–Trinajstić information content (AvgIpc) is 2.48. The van der Waals surface area contributed by atoms with Crippen molar-refractivity contribution >= 4 is 15.9 Å². The van der Waals surface area contributed by atoms with Crippen molar-refractivity contribution in [1.29, 1.82) is 0 Å². The van der Waals surface area contributed by atoms with Gasteiger partial charge in [0.1, 0.15) is 11.9 Å². The Hall–Kier alpha value is -0.320. The van der Waals surface area contributed by atoms with Crippen molar-refractivity contribution in [2.45, 2.75) is 26.0 Å². The van der Waals surface area contributed by atoms with Crippen LogP contribution in [0.15, 0.2) is 21.2 Å². The van der Waals surface area contributed by atoms with Gasteiger partial charge in [0.05, 0.1) is 10.7 Å². The zero-order valence-corrected chi connectivity index (χ0v) is 9.28. The minimum Gasteiger partial charge on any atom is -0.465 e. The zero-order chi connectivity index (χ0) is 10.0. The van der Waals surface area contributed by atoms with Crippen LogP contribution in [-0.4, -0.2) is 11.1 Å². The molecule has 0 radical (unpaired) electrons. The summed E-state index contributed by atoms with van der Waals surface area (Å²) in [6, 6.07) is 1.44. The molecule has 2 unspecified atom stereocenters. The molecule has 0 fully saturated rings. The Morgan fingerprint density at radius 1 is 1.54 bits per heavy atom. The van der Waals surface area contributed by atoms with Gasteiger partial charge in [-0.3, -0.25) is 0 Å². The zero-order valence-electron chi connectivity index (χ0n) is 7.70. The van der Waals surface area contributed by atoms with Crippen LogP contribution < -0.4 is 5.73 Å². The van der Waals surface area contributed by atoms with Crippen LogP contribution in [0.4, 0.5) is 0 Å². The molecule has 13 heavy (non-hydrogen) atoms. The van der Waals surface area contributed by atoms with Crippen molar-refractivity contribution in [3.63, 3.8) is 0 Å². The molecule has 1 aromatic heterocycles. The van der Waals surface area contributed by atoms with Gasteiger partial charge in [-0.1, -0.05) is 13.8 Å². The van der Waals surface area contributed by atoms with Gasteiger partial charge in [-0.25, -0.2) is 0 Å². The van der Waals surface area contributed by atoms with E-state index in [1.54, 1.807) is 6.07 Å². The van der Waals surface area contributed by atoms with Crippen LogP contribution in [0.3, 0.4) is 0 Å². The predicted octanol–water partition coefficient (Wildman–Crippen LogP) is 2.06. The van der Waals surface area contributed by atoms with Gasteiger partial charge in [0, 0.05) is 6.04 Å². The van der Waals surface area contributed by atoms with E-state index in [2.05, 4.69) is 15.9 Å². The number of nitrogens with two attached hydrogens (primary N) is 1. The van der Waals surface area contributed by atoms with Gasteiger partial charge in [0.25, 0.3) is 0 Å². The van der Waals surface area contributed by atoms with Crippen LogP contribution in [0.5, 0.6) is 0 Å². The molecule has 0 aliphatic carbocycles. The number of aliphatic hydroxyl groups excluding tert-OH is 1. The molecule has 3 N–H and O–H groups in total. The van der Waals surface area contributed by atoms with Crippen LogP contribution in [0.2, 0.25) is 0 Å². The first-order valence-electron chi connectivity index (χ1n) is 4.20. The smallest absolute Gasteiger partial charge is 0.147 e. The summed E-state index contributed by atoms with van der Waals surface area (Å²) in [5, 5.41) is 9.78. The summed E-state index contributed by atoms with van der Waals surface area (Å²) in [6.45, 7) is 3.93. The first-order chi connectivity index (χ1) is 6.04. The lowest BCUT2D eigenvalue weighted by molar-refractivity contribution is 0.102. The fourth-order valence-electron chi connectivity index (χ4n) is 1.06. The number of hydrogen-bond donors (Lipinski definition) is 2. The molecule has 1 aromatic rings. The SMILES string of the molecule is CC(C)C(N)C(O)c1occc1Br. The van der Waals surface area contributed by atoms with Gasteiger partial charge >= 0.3 is 0 Å². The van der Waals surface area contributed by atoms with Gasteiger partial charge in [0.15, 0.2) is 0 Å². The van der Waals surface area contributed by atoms with E-state index in [0.29, 0.717) is 5.76 Å². The molecule has 1 heterocycles. The van der Waals surface area contributed by atoms with Gasteiger partial charge in [0.2, 0.25) is 0 Å². The summed E-state index contributed by atoms with van der Waals surface area (Å²) in [5.74, 6) is 0.716. The minimum atomic E-state index is -0.746. The number of aliphatic hydroxyl groups is 1. The van der Waals surface area contributed by atoms with Gasteiger partial charge in [-0.2, -0.15) is 0 Å². The number of furan rings is 1. The molecule has 0 amide bonds. The van der Waals surface area contributed by atoms with Crippen LogP contribution in [0, 0.1) is 5.92 Å². The Morgan fingerprint density at radius 3 is 2.54 bits per heavy atom. The first kappa shape index (κ1) is 10.8. The van der Waals surface area contributed by atoms with E-state index in [4.69, 9.17) is 10.2 Å². The van der Waals surface area contributed by atoms with E-state index in [-0.39, 0.29) is 12.0 Å². The fourth-order valence-corrected chi connectivity index (χ4v) is 1.49.